The quantitative estimate of drug-likeness (QED) is 0.783. The molecule has 0 aliphatic heterocycles. The fourth-order valence-electron chi connectivity index (χ4n) is 2.11. The second-order valence-corrected chi connectivity index (χ2v) is 4.62. The number of nitrogens with one attached hydrogen (secondary N) is 1. The number of halogens is 1. The summed E-state index contributed by atoms with van der Waals surface area (Å²) in [4.78, 5) is 8.58. The van der Waals surface area contributed by atoms with E-state index < -0.39 is 0 Å². The van der Waals surface area contributed by atoms with Crippen molar-refractivity contribution in [3.8, 4) is 0 Å². The van der Waals surface area contributed by atoms with E-state index in [0.29, 0.717) is 18.1 Å². The van der Waals surface area contributed by atoms with Gasteiger partial charge in [0.1, 0.15) is 17.2 Å². The number of nitrogens with zero attached hydrogens (tertiary/aromatic N) is 3. The van der Waals surface area contributed by atoms with Gasteiger partial charge < -0.3 is 14.6 Å². The summed E-state index contributed by atoms with van der Waals surface area (Å²) in [5.74, 6) is 0.360. The Labute approximate surface area is 121 Å². The van der Waals surface area contributed by atoms with Crippen molar-refractivity contribution >= 4 is 22.5 Å². The van der Waals surface area contributed by atoms with E-state index >= 15 is 0 Å². The lowest BCUT2D eigenvalue weighted by atomic mass is 10.3. The van der Waals surface area contributed by atoms with Crippen LogP contribution in [0.1, 0.15) is 0 Å². The van der Waals surface area contributed by atoms with Gasteiger partial charge >= 0.3 is 0 Å². The molecule has 0 saturated heterocycles. The predicted octanol–water partition coefficient (Wildman–Crippen LogP) is 2.96. The third-order valence-electron chi connectivity index (χ3n) is 3.14. The third kappa shape index (κ3) is 3.00. The number of benzene rings is 1. The van der Waals surface area contributed by atoms with Crippen molar-refractivity contribution in [3.63, 3.8) is 0 Å². The highest BCUT2D eigenvalue weighted by Crippen LogP contribution is 2.20. The van der Waals surface area contributed by atoms with E-state index in [1.807, 2.05) is 10.6 Å². The van der Waals surface area contributed by atoms with Gasteiger partial charge in [-0.25, -0.2) is 14.4 Å². The van der Waals surface area contributed by atoms with Crippen molar-refractivity contribution in [2.75, 3.05) is 19.0 Å². The Bertz CT molecular complexity index is 756. The van der Waals surface area contributed by atoms with Gasteiger partial charge in [0.15, 0.2) is 0 Å². The summed E-state index contributed by atoms with van der Waals surface area (Å²) in [6.45, 7) is 1.33. The Hall–Kier alpha value is -2.47. The first kappa shape index (κ1) is 13.5. The Morgan fingerprint density at radius 1 is 1.29 bits per heavy atom. The molecule has 3 rings (SSSR count). The molecule has 0 fully saturated rings. The van der Waals surface area contributed by atoms with Crippen LogP contribution in [0.5, 0.6) is 0 Å². The van der Waals surface area contributed by atoms with Gasteiger partial charge in [-0.2, -0.15) is 0 Å². The van der Waals surface area contributed by atoms with Crippen LogP contribution in [0.15, 0.2) is 42.9 Å². The van der Waals surface area contributed by atoms with E-state index in [0.717, 1.165) is 17.6 Å². The maximum atomic E-state index is 13.2. The molecule has 0 amide bonds. The van der Waals surface area contributed by atoms with E-state index in [2.05, 4.69) is 15.3 Å². The number of rotatable bonds is 5. The summed E-state index contributed by atoms with van der Waals surface area (Å²) in [7, 11) is 1.66. The topological polar surface area (TPSA) is 52.0 Å². The molecule has 5 nitrogen and oxygen atoms in total. The lowest BCUT2D eigenvalue weighted by Crippen LogP contribution is -2.03. The number of imidazole rings is 1. The number of ether oxygens (including phenoxy) is 1. The fourth-order valence-corrected chi connectivity index (χ4v) is 2.11. The number of aromatic nitrogens is 3. The van der Waals surface area contributed by atoms with E-state index in [4.69, 9.17) is 4.74 Å². The van der Waals surface area contributed by atoms with E-state index in [-0.39, 0.29) is 5.82 Å². The summed E-state index contributed by atoms with van der Waals surface area (Å²) in [5.41, 5.74) is 2.43. The molecule has 0 spiro atoms. The van der Waals surface area contributed by atoms with Crippen molar-refractivity contribution in [3.05, 3.63) is 48.7 Å². The van der Waals surface area contributed by atoms with Gasteiger partial charge in [0.05, 0.1) is 24.6 Å². The van der Waals surface area contributed by atoms with Crippen LogP contribution in [0.3, 0.4) is 0 Å². The van der Waals surface area contributed by atoms with E-state index in [1.165, 1.54) is 12.1 Å². The monoisotopic (exact) mass is 286 g/mol. The van der Waals surface area contributed by atoms with Crippen LogP contribution in [0.2, 0.25) is 0 Å². The molecule has 3 aromatic rings. The van der Waals surface area contributed by atoms with Crippen LogP contribution in [0.25, 0.3) is 11.0 Å². The molecule has 21 heavy (non-hydrogen) atoms. The van der Waals surface area contributed by atoms with Gasteiger partial charge in [0.25, 0.3) is 0 Å². The first-order chi connectivity index (χ1) is 10.3. The van der Waals surface area contributed by atoms with Gasteiger partial charge in [-0.05, 0) is 18.2 Å². The fraction of sp³-hybridized carbons (Fsp3) is 0.200. The van der Waals surface area contributed by atoms with Crippen molar-refractivity contribution < 1.29 is 9.13 Å². The van der Waals surface area contributed by atoms with Crippen LogP contribution in [-0.2, 0) is 11.3 Å². The lowest BCUT2D eigenvalue weighted by molar-refractivity contribution is 0.188. The van der Waals surface area contributed by atoms with Gasteiger partial charge in [-0.1, -0.05) is 6.07 Å². The molecular weight excluding hydrogens is 271 g/mol. The number of methoxy groups -OCH3 is 1. The minimum absolute atomic E-state index is 0.286. The summed E-state index contributed by atoms with van der Waals surface area (Å²) < 4.78 is 20.3. The van der Waals surface area contributed by atoms with Gasteiger partial charge in [0.2, 0.25) is 0 Å². The van der Waals surface area contributed by atoms with Crippen molar-refractivity contribution in [1.29, 1.82) is 0 Å². The van der Waals surface area contributed by atoms with Crippen LogP contribution < -0.4 is 5.32 Å². The number of hydrogen-bond acceptors (Lipinski definition) is 4. The Kier molecular flexibility index (Phi) is 3.79. The molecular formula is C15H15FN4O. The maximum Gasteiger partial charge on any atom is 0.132 e. The zero-order valence-corrected chi connectivity index (χ0v) is 11.6. The molecule has 6 heteroatoms. The molecule has 2 aromatic heterocycles. The zero-order chi connectivity index (χ0) is 14.7. The molecule has 0 aliphatic rings. The first-order valence-electron chi connectivity index (χ1n) is 6.58. The normalized spacial score (nSPS) is 11.0. The minimum atomic E-state index is -0.286. The van der Waals surface area contributed by atoms with Crippen LogP contribution in [0.4, 0.5) is 15.9 Å². The van der Waals surface area contributed by atoms with E-state index in [9.17, 15) is 4.39 Å². The van der Waals surface area contributed by atoms with Crippen LogP contribution in [-0.4, -0.2) is 28.3 Å². The van der Waals surface area contributed by atoms with Crippen LogP contribution >= 0.6 is 0 Å². The second kappa shape index (κ2) is 5.88. The largest absolute Gasteiger partial charge is 0.383 e. The standard InChI is InChI=1S/C15H15FN4O/c1-21-6-5-20-10-18-13-9-17-15(8-14(13)20)19-12-4-2-3-11(16)7-12/h2-4,7-10H,5-6H2,1H3,(H,17,19). The number of fused-ring (bicyclic) bond motifs is 1. The molecule has 108 valence electrons. The number of anilines is 2. The molecule has 0 aliphatic carbocycles. The predicted molar refractivity (Wildman–Crippen MR) is 79.1 cm³/mol. The highest BCUT2D eigenvalue weighted by atomic mass is 19.1. The molecule has 1 N–H and O–H groups in total. The third-order valence-corrected chi connectivity index (χ3v) is 3.14. The smallest absolute Gasteiger partial charge is 0.132 e. The summed E-state index contributed by atoms with van der Waals surface area (Å²) >= 11 is 0. The SMILES string of the molecule is COCCn1cnc2cnc(Nc3cccc(F)c3)cc21. The van der Waals surface area contributed by atoms with Crippen LogP contribution in [0, 0.1) is 5.82 Å². The summed E-state index contributed by atoms with van der Waals surface area (Å²) in [6, 6.07) is 8.16. The Morgan fingerprint density at radius 3 is 3.00 bits per heavy atom. The van der Waals surface area contributed by atoms with Crippen molar-refractivity contribution in [1.82, 2.24) is 14.5 Å². The highest BCUT2D eigenvalue weighted by Gasteiger charge is 2.05. The van der Waals surface area contributed by atoms with E-state index in [1.54, 1.807) is 31.8 Å². The van der Waals surface area contributed by atoms with Crippen molar-refractivity contribution in [2.45, 2.75) is 6.54 Å². The Balaban J connectivity index is 1.89. The minimum Gasteiger partial charge on any atom is -0.383 e. The maximum absolute atomic E-state index is 13.2. The zero-order valence-electron chi connectivity index (χ0n) is 11.6. The molecule has 2 heterocycles. The molecule has 0 saturated carbocycles. The summed E-state index contributed by atoms with van der Waals surface area (Å²) in [5, 5.41) is 3.09. The van der Waals surface area contributed by atoms with Gasteiger partial charge in [0, 0.05) is 25.4 Å². The van der Waals surface area contributed by atoms with Gasteiger partial charge in [-0.15, -0.1) is 0 Å². The second-order valence-electron chi connectivity index (χ2n) is 4.62. The Morgan fingerprint density at radius 2 is 2.19 bits per heavy atom. The molecule has 0 radical (unpaired) electrons. The first-order valence-corrected chi connectivity index (χ1v) is 6.58. The summed E-state index contributed by atoms with van der Waals surface area (Å²) in [6.07, 6.45) is 3.46. The molecule has 1 aromatic carbocycles. The molecule has 0 atom stereocenters. The number of pyridine rings is 1. The average Bonchev–Trinajstić information content (AvgIpc) is 2.87. The van der Waals surface area contributed by atoms with Crippen molar-refractivity contribution in [2.24, 2.45) is 0 Å². The lowest BCUT2D eigenvalue weighted by Gasteiger charge is -2.07. The molecule has 0 bridgehead atoms. The number of hydrogen-bond donors (Lipinski definition) is 1. The average molecular weight is 286 g/mol. The highest BCUT2D eigenvalue weighted by molar-refractivity contribution is 5.78. The molecule has 0 unspecified atom stereocenters. The van der Waals surface area contributed by atoms with Gasteiger partial charge in [-0.3, -0.25) is 0 Å².